The molecule has 4 nitrogen and oxygen atoms in total. The molecule has 10 rings (SSSR count). The summed E-state index contributed by atoms with van der Waals surface area (Å²) >= 11 is 0. The molecule has 0 N–H and O–H groups in total. The van der Waals surface area contributed by atoms with Crippen molar-refractivity contribution in [2.45, 2.75) is 0 Å². The van der Waals surface area contributed by atoms with Gasteiger partial charge in [-0.1, -0.05) is 115 Å². The monoisotopic (exact) mass is 613 g/mol. The highest BCUT2D eigenvalue weighted by atomic mass is 16.3. The number of aromatic nitrogens is 3. The van der Waals surface area contributed by atoms with Crippen LogP contribution in [0.4, 0.5) is 0 Å². The summed E-state index contributed by atoms with van der Waals surface area (Å²) in [5.41, 5.74) is 11.3. The maximum Gasteiger partial charge on any atom is 0.161 e. The third-order valence-electron chi connectivity index (χ3n) is 9.41. The molecule has 0 radical (unpaired) electrons. The fourth-order valence-electron chi connectivity index (χ4n) is 7.21. The Morgan fingerprint density at radius 1 is 0.438 bits per heavy atom. The Labute approximate surface area is 276 Å². The Hall–Kier alpha value is -6.52. The van der Waals surface area contributed by atoms with Crippen LogP contribution in [0.25, 0.3) is 94.1 Å². The van der Waals surface area contributed by atoms with Crippen LogP contribution in [0.2, 0.25) is 0 Å². The molecule has 0 fully saturated rings. The molecule has 0 saturated carbocycles. The molecule has 10 aromatic rings. The zero-order valence-corrected chi connectivity index (χ0v) is 25.8. The lowest BCUT2D eigenvalue weighted by Crippen LogP contribution is -1.95. The highest BCUT2D eigenvalue weighted by molar-refractivity contribution is 6.14. The van der Waals surface area contributed by atoms with Gasteiger partial charge in [0.15, 0.2) is 5.82 Å². The highest BCUT2D eigenvalue weighted by Gasteiger charge is 2.19. The van der Waals surface area contributed by atoms with Crippen LogP contribution >= 0.6 is 0 Å². The number of benzene rings is 7. The van der Waals surface area contributed by atoms with E-state index >= 15 is 0 Å². The average molecular weight is 614 g/mol. The SMILES string of the molecule is c1ccc(-c2ccc3c(c2)c2ccccc2n3-c2ccc3c(c2)oc2cccc(-c4nc(-c5ccccc5)c5ccccc5n4)c23)cc1. The van der Waals surface area contributed by atoms with Gasteiger partial charge in [0.25, 0.3) is 0 Å². The van der Waals surface area contributed by atoms with E-state index in [-0.39, 0.29) is 0 Å². The van der Waals surface area contributed by atoms with Crippen LogP contribution in [-0.2, 0) is 0 Å². The minimum Gasteiger partial charge on any atom is -0.456 e. The molecule has 3 heterocycles. The minimum absolute atomic E-state index is 0.682. The first kappa shape index (κ1) is 26.7. The molecule has 224 valence electrons. The standard InChI is InChI=1S/C44H27N3O/c1-3-12-28(13-4-1)30-22-25-39-36(26-30)32-16-8-10-20-38(32)47(39)31-23-24-34-41(27-31)48-40-21-11-18-35(42(34)40)44-45-37-19-9-7-17-33(37)43(46-44)29-14-5-2-6-15-29/h1-27H. The van der Waals surface area contributed by atoms with Crippen LogP contribution in [0.5, 0.6) is 0 Å². The topological polar surface area (TPSA) is 43.9 Å². The molecule has 0 aliphatic heterocycles. The summed E-state index contributed by atoms with van der Waals surface area (Å²) in [4.78, 5) is 10.2. The smallest absolute Gasteiger partial charge is 0.161 e. The molecule has 0 amide bonds. The van der Waals surface area contributed by atoms with Gasteiger partial charge in [-0.15, -0.1) is 0 Å². The van der Waals surface area contributed by atoms with Gasteiger partial charge in [0.05, 0.1) is 22.2 Å². The number of fused-ring (bicyclic) bond motifs is 7. The van der Waals surface area contributed by atoms with Crippen LogP contribution in [0.1, 0.15) is 0 Å². The fourth-order valence-corrected chi connectivity index (χ4v) is 7.21. The average Bonchev–Trinajstić information content (AvgIpc) is 3.70. The molecule has 3 aromatic heterocycles. The van der Waals surface area contributed by atoms with Gasteiger partial charge in [0.1, 0.15) is 11.2 Å². The molecular weight excluding hydrogens is 587 g/mol. The van der Waals surface area contributed by atoms with Crippen LogP contribution in [0, 0.1) is 0 Å². The van der Waals surface area contributed by atoms with E-state index in [1.165, 1.54) is 21.9 Å². The first-order valence-corrected chi connectivity index (χ1v) is 16.2. The maximum atomic E-state index is 6.59. The van der Waals surface area contributed by atoms with Gasteiger partial charge in [0, 0.05) is 49.8 Å². The highest BCUT2D eigenvalue weighted by Crippen LogP contribution is 2.40. The van der Waals surface area contributed by atoms with Gasteiger partial charge in [-0.3, -0.25) is 0 Å². The van der Waals surface area contributed by atoms with Crippen molar-refractivity contribution in [1.82, 2.24) is 14.5 Å². The predicted molar refractivity (Wildman–Crippen MR) is 197 cm³/mol. The Morgan fingerprint density at radius 2 is 1.17 bits per heavy atom. The van der Waals surface area contributed by atoms with Crippen molar-refractivity contribution in [3.8, 4) is 39.5 Å². The molecule has 7 aromatic carbocycles. The molecule has 0 saturated heterocycles. The van der Waals surface area contributed by atoms with Gasteiger partial charge < -0.3 is 8.98 Å². The summed E-state index contributed by atoms with van der Waals surface area (Å²) in [6.07, 6.45) is 0. The van der Waals surface area contributed by atoms with Crippen molar-refractivity contribution in [3.63, 3.8) is 0 Å². The second kappa shape index (κ2) is 10.5. The number of hydrogen-bond acceptors (Lipinski definition) is 3. The Kier molecular flexibility index (Phi) is 5.84. The van der Waals surface area contributed by atoms with Crippen LogP contribution in [0.15, 0.2) is 168 Å². The first-order chi connectivity index (χ1) is 23.8. The second-order valence-corrected chi connectivity index (χ2v) is 12.2. The predicted octanol–water partition coefficient (Wildman–Crippen LogP) is 11.6. The Morgan fingerprint density at radius 3 is 2.02 bits per heavy atom. The molecule has 0 aliphatic rings. The number of rotatable bonds is 4. The van der Waals surface area contributed by atoms with Crippen molar-refractivity contribution in [1.29, 1.82) is 0 Å². The zero-order chi connectivity index (χ0) is 31.6. The van der Waals surface area contributed by atoms with Gasteiger partial charge >= 0.3 is 0 Å². The fraction of sp³-hybridized carbons (Fsp3) is 0. The van der Waals surface area contributed by atoms with Gasteiger partial charge in [0.2, 0.25) is 0 Å². The summed E-state index contributed by atoms with van der Waals surface area (Å²) in [5, 5.41) is 5.53. The molecule has 48 heavy (non-hydrogen) atoms. The molecule has 0 bridgehead atoms. The summed E-state index contributed by atoms with van der Waals surface area (Å²) in [6.45, 7) is 0. The van der Waals surface area contributed by atoms with Crippen molar-refractivity contribution in [3.05, 3.63) is 164 Å². The van der Waals surface area contributed by atoms with Crippen molar-refractivity contribution >= 4 is 54.6 Å². The lowest BCUT2D eigenvalue weighted by Gasteiger charge is -2.10. The summed E-state index contributed by atoms with van der Waals surface area (Å²) in [7, 11) is 0. The van der Waals surface area contributed by atoms with E-state index in [9.17, 15) is 0 Å². The molecule has 4 heteroatoms. The summed E-state index contributed by atoms with van der Waals surface area (Å²) in [6, 6.07) is 57.2. The second-order valence-electron chi connectivity index (χ2n) is 12.2. The largest absolute Gasteiger partial charge is 0.456 e. The third kappa shape index (κ3) is 4.10. The molecule has 0 aliphatic carbocycles. The Bertz CT molecular complexity index is 2830. The molecule has 0 spiro atoms. The van der Waals surface area contributed by atoms with E-state index in [1.807, 2.05) is 42.5 Å². The van der Waals surface area contributed by atoms with E-state index in [4.69, 9.17) is 14.4 Å². The Balaban J connectivity index is 1.17. The van der Waals surface area contributed by atoms with E-state index in [2.05, 4.69) is 126 Å². The van der Waals surface area contributed by atoms with E-state index in [1.54, 1.807) is 0 Å². The first-order valence-electron chi connectivity index (χ1n) is 16.2. The molecule has 0 unspecified atom stereocenters. The molecule has 0 atom stereocenters. The quantitative estimate of drug-likeness (QED) is 0.198. The summed E-state index contributed by atoms with van der Waals surface area (Å²) in [5.74, 6) is 0.682. The third-order valence-corrected chi connectivity index (χ3v) is 9.41. The van der Waals surface area contributed by atoms with E-state index in [0.29, 0.717) is 5.82 Å². The van der Waals surface area contributed by atoms with E-state index in [0.717, 1.165) is 66.4 Å². The maximum absolute atomic E-state index is 6.59. The number of para-hydroxylation sites is 2. The van der Waals surface area contributed by atoms with Crippen molar-refractivity contribution in [2.75, 3.05) is 0 Å². The number of hydrogen-bond donors (Lipinski definition) is 0. The van der Waals surface area contributed by atoms with Crippen LogP contribution in [0.3, 0.4) is 0 Å². The molecular formula is C44H27N3O. The number of nitrogens with zero attached hydrogens (tertiary/aromatic N) is 3. The van der Waals surface area contributed by atoms with E-state index < -0.39 is 0 Å². The summed E-state index contributed by atoms with van der Waals surface area (Å²) < 4.78 is 8.93. The lowest BCUT2D eigenvalue weighted by molar-refractivity contribution is 0.668. The minimum atomic E-state index is 0.682. The van der Waals surface area contributed by atoms with Crippen LogP contribution in [-0.4, -0.2) is 14.5 Å². The zero-order valence-electron chi connectivity index (χ0n) is 25.8. The van der Waals surface area contributed by atoms with Gasteiger partial charge in [-0.2, -0.15) is 0 Å². The normalized spacial score (nSPS) is 11.8. The van der Waals surface area contributed by atoms with Gasteiger partial charge in [-0.05, 0) is 53.6 Å². The number of furan rings is 1. The van der Waals surface area contributed by atoms with Crippen LogP contribution < -0.4 is 0 Å². The van der Waals surface area contributed by atoms with Crippen molar-refractivity contribution < 1.29 is 4.42 Å². The lowest BCUT2D eigenvalue weighted by atomic mass is 10.0. The van der Waals surface area contributed by atoms with Gasteiger partial charge in [-0.25, -0.2) is 9.97 Å². The van der Waals surface area contributed by atoms with Crippen molar-refractivity contribution in [2.24, 2.45) is 0 Å².